The van der Waals surface area contributed by atoms with E-state index in [-0.39, 0.29) is 50.1 Å². The third-order valence-corrected chi connectivity index (χ3v) is 37.2. The quantitative estimate of drug-likeness (QED) is 0.0176. The van der Waals surface area contributed by atoms with E-state index in [4.69, 9.17) is 44.4 Å². The Morgan fingerprint density at radius 1 is 0.390 bits per heavy atom. The fraction of sp³-hybridized carbons (Fsp3) is 0.727. The van der Waals surface area contributed by atoms with Crippen LogP contribution in [0.2, 0.25) is 0 Å². The number of primary amides is 6. The molecule has 22 rings (SSSR count). The topological polar surface area (TPSA) is 582 Å². The van der Waals surface area contributed by atoms with Gasteiger partial charge in [-0.05, 0) is 350 Å². The lowest BCUT2D eigenvalue weighted by Gasteiger charge is -2.58. The van der Waals surface area contributed by atoms with Crippen molar-refractivity contribution in [2.45, 2.75) is 453 Å². The van der Waals surface area contributed by atoms with Crippen LogP contribution in [0.3, 0.4) is 0 Å². The molecule has 24 N–H and O–H groups in total. The molecule has 16 fully saturated rings. The van der Waals surface area contributed by atoms with Crippen molar-refractivity contribution in [2.75, 3.05) is 47.9 Å². The predicted octanol–water partition coefficient (Wildman–Crippen LogP) is 16.8. The minimum absolute atomic E-state index is 0.0327. The third kappa shape index (κ3) is 26.6. The number of nitrogens with one attached hydrogen (secondary N) is 9. The lowest BCUT2D eigenvalue weighted by Crippen LogP contribution is -2.51. The Morgan fingerprint density at radius 3 is 1.03 bits per heavy atom. The van der Waals surface area contributed by atoms with Gasteiger partial charge >= 0.3 is 0 Å². The van der Waals surface area contributed by atoms with Crippen molar-refractivity contribution in [1.82, 2.24) is 59.8 Å². The number of aliphatic hydroxyl groups is 3. The number of anilines is 9. The Balaban J connectivity index is 0.000000125. The molecule has 36 heteroatoms. The first-order valence-corrected chi connectivity index (χ1v) is 55.6. The summed E-state index contributed by atoms with van der Waals surface area (Å²) >= 11 is 0. The lowest BCUT2D eigenvalue weighted by atomic mass is 9.47. The molecular formula is C110H169N27O9. The van der Waals surface area contributed by atoms with Gasteiger partial charge in [0, 0.05) is 89.0 Å². The SMILES string of the molecule is CC1(Nc2nc(NC34CCC(O)(CC3)C4)ncc2C(N)=O)CCC1.CC1CCC(Nc2ncc(C(N)=O)c(CC3C4CC3C4)n2)CC1.CCC(C)(C)Nc1nc(NC23CCC(O)(CC2)C3)ncc1C(N)=O.CCC1(Cc2nc(NC3CCC(C)CC3)ncc2C(N)=O)CCCC1.CCC1CCC(Nc2ncc(C(N)=O)c(CC3(CC)CCCC3)n2)CC1.C[C@@H](Nc1nc(NC23CCC(O)(CC2)C3)ncc1C(N)=O)C1CC1. The number of nitrogens with two attached hydrogens (primary N) is 6. The molecule has 146 heavy (non-hydrogen) atoms. The Labute approximate surface area is 862 Å². The summed E-state index contributed by atoms with van der Waals surface area (Å²) in [5.41, 5.74) is 36.3. The molecule has 36 nitrogen and oxygen atoms in total. The highest BCUT2D eigenvalue weighted by Crippen LogP contribution is 2.60. The first kappa shape index (κ1) is 108. The Morgan fingerprint density at radius 2 is 0.719 bits per heavy atom. The third-order valence-electron chi connectivity index (χ3n) is 37.2. The van der Waals surface area contributed by atoms with Gasteiger partial charge in [-0.1, -0.05) is 86.5 Å². The summed E-state index contributed by atoms with van der Waals surface area (Å²) in [5, 5.41) is 61.9. The highest BCUT2D eigenvalue weighted by molar-refractivity contribution is 5.99. The van der Waals surface area contributed by atoms with Crippen LogP contribution in [-0.2, 0) is 19.3 Å². The van der Waals surface area contributed by atoms with Crippen LogP contribution in [0.5, 0.6) is 0 Å². The molecule has 6 amide bonds. The maximum atomic E-state index is 11.9. The number of amides is 6. The van der Waals surface area contributed by atoms with Crippen molar-refractivity contribution in [3.63, 3.8) is 0 Å². The van der Waals surface area contributed by atoms with Crippen molar-refractivity contribution in [3.05, 3.63) is 87.6 Å². The first-order valence-electron chi connectivity index (χ1n) is 55.6. The average molecular weight is 2010 g/mol. The van der Waals surface area contributed by atoms with Gasteiger partial charge in [0.15, 0.2) is 0 Å². The zero-order chi connectivity index (χ0) is 104. The van der Waals surface area contributed by atoms with Crippen LogP contribution in [-0.4, -0.2) is 179 Å². The maximum Gasteiger partial charge on any atom is 0.254 e. The van der Waals surface area contributed by atoms with Crippen molar-refractivity contribution in [2.24, 2.45) is 86.7 Å². The fourth-order valence-electron chi connectivity index (χ4n) is 26.2. The molecule has 6 aromatic rings. The van der Waals surface area contributed by atoms with Crippen molar-refractivity contribution in [3.8, 4) is 0 Å². The highest BCUT2D eigenvalue weighted by Gasteiger charge is 2.57. The number of fused-ring (bicyclic) bond motifs is 6. The van der Waals surface area contributed by atoms with E-state index >= 15 is 0 Å². The van der Waals surface area contributed by atoms with Crippen molar-refractivity contribution >= 4 is 88.6 Å². The van der Waals surface area contributed by atoms with Gasteiger partial charge in [-0.2, -0.15) is 15.0 Å². The van der Waals surface area contributed by atoms with Gasteiger partial charge in [0.2, 0.25) is 35.7 Å². The average Bonchev–Trinajstić information content (AvgIpc) is 1.56. The molecule has 0 saturated heterocycles. The number of carbonyl (C=O) groups is 6. The van der Waals surface area contributed by atoms with Gasteiger partial charge in [0.05, 0.1) is 67.3 Å². The second-order valence-corrected chi connectivity index (χ2v) is 48.6. The fourth-order valence-corrected chi connectivity index (χ4v) is 26.2. The minimum atomic E-state index is -0.551. The van der Waals surface area contributed by atoms with Gasteiger partial charge in [-0.3, -0.25) is 28.8 Å². The number of carbonyl (C=O) groups excluding carboxylic acids is 6. The van der Waals surface area contributed by atoms with E-state index in [2.05, 4.69) is 153 Å². The standard InChI is InChI=1S/C21H34N4O.C20H32N4O.C18H26N4O.2C17H25N5O2.C17H27N5O2/c1-3-15-7-9-16(10-8-15)24-20-23-14-17(19(22)26)18(25-20)13-21(4-2)11-5-6-12-21;1-3-20(10-4-5-11-20)12-17-16(18(21)25)13-22-19(24-17)23-15-8-6-14(2)7-9-15;1-10-2-4-13(5-3-10)21-18-20-9-15(17(19)23)16(22-18)8-14-11-6-12(14)7-11;1-10(11-2-3-11)20-14-12(13(18)23)8-19-15(21-14)22-16-4-6-17(24,9-16)7-5-16;1-15(3-2-4-15)21-13-11(12(18)23)9-19-14(20-13)22-16-5-7-17(24,10-16)8-6-16;1-4-15(2,3)21-13-11(12(18)23)9-19-14(20-13)22-16-5-7-17(24,10-16)8-6-16/h14-16H,3-13H2,1-2H3,(H2,22,26)(H,23,24,25);13-15H,3-12H2,1-2H3,(H2,21,25)(H,22,23,24);9-14H,2-8H2,1H3,(H2,19,23)(H,20,21,22);8,10-11,24H,2-7,9H2,1H3,(H2,18,23)(H2,19,20,21,22);9,24H,2-8,10H2,1H3,(H2,18,23)(H2,19,20,21,22);9,24H,4-8,10H2,1-3H3,(H2,18,23)(H2,19,20,21,22)/t;;;10-,16?,17?;;/m...1../s1. The van der Waals surface area contributed by atoms with Crippen LogP contribution in [0.15, 0.2) is 37.2 Å². The van der Waals surface area contributed by atoms with Crippen LogP contribution < -0.4 is 82.3 Å². The van der Waals surface area contributed by atoms with E-state index in [1.54, 1.807) is 18.6 Å². The zero-order valence-electron chi connectivity index (χ0n) is 88.6. The first-order chi connectivity index (χ1) is 69.5. The normalized spacial score (nSPS) is 29.9. The number of rotatable bonds is 35. The van der Waals surface area contributed by atoms with Gasteiger partial charge in [0.1, 0.15) is 17.5 Å². The molecule has 0 spiro atoms. The number of nitrogens with zero attached hydrogens (tertiary/aromatic N) is 12. The molecule has 0 unspecified atom stereocenters. The summed E-state index contributed by atoms with van der Waals surface area (Å²) in [6.45, 7) is 21.8. The smallest absolute Gasteiger partial charge is 0.254 e. The Kier molecular flexibility index (Phi) is 33.4. The molecular weight excluding hydrogens is 1840 g/mol. The monoisotopic (exact) mass is 2010 g/mol. The van der Waals surface area contributed by atoms with Crippen LogP contribution in [0.1, 0.15) is 444 Å². The van der Waals surface area contributed by atoms with Crippen LogP contribution in [0, 0.1) is 52.3 Å². The highest BCUT2D eigenvalue weighted by atomic mass is 16.3. The lowest BCUT2D eigenvalue weighted by molar-refractivity contribution is -0.0800. The molecule has 16 aliphatic rings. The van der Waals surface area contributed by atoms with E-state index < -0.39 is 52.2 Å². The van der Waals surface area contributed by atoms with Crippen LogP contribution >= 0.6 is 0 Å². The number of hydrogen-bond acceptors (Lipinski definition) is 30. The molecule has 0 aromatic carbocycles. The molecule has 0 radical (unpaired) electrons. The van der Waals surface area contributed by atoms with Crippen LogP contribution in [0.4, 0.5) is 53.1 Å². The summed E-state index contributed by atoms with van der Waals surface area (Å²) in [6.07, 6.45) is 61.9. The summed E-state index contributed by atoms with van der Waals surface area (Å²) < 4.78 is 0. The van der Waals surface area contributed by atoms with Crippen molar-refractivity contribution < 1.29 is 44.1 Å². The van der Waals surface area contributed by atoms with E-state index in [1.807, 2.05) is 13.8 Å². The largest absolute Gasteiger partial charge is 0.390 e. The zero-order valence-corrected chi connectivity index (χ0v) is 88.6. The second kappa shape index (κ2) is 45.0. The molecule has 8 bridgehead atoms. The number of aromatic nitrogens is 12. The molecule has 6 aromatic heterocycles. The van der Waals surface area contributed by atoms with Gasteiger partial charge < -0.3 is 97.6 Å². The van der Waals surface area contributed by atoms with Gasteiger partial charge in [0.25, 0.3) is 35.4 Å². The molecule has 6 heterocycles. The summed E-state index contributed by atoms with van der Waals surface area (Å²) in [5.74, 6) is 7.63. The predicted molar refractivity (Wildman–Crippen MR) is 569 cm³/mol. The molecule has 0 aliphatic heterocycles. The number of hydrogen-bond donors (Lipinski definition) is 18. The van der Waals surface area contributed by atoms with Gasteiger partial charge in [-0.15, -0.1) is 0 Å². The Bertz CT molecular complexity index is 5430. The van der Waals surface area contributed by atoms with E-state index in [1.165, 1.54) is 173 Å². The molecule has 16 saturated carbocycles. The summed E-state index contributed by atoms with van der Waals surface area (Å²) in [7, 11) is 0. The molecule has 798 valence electrons. The molecule has 16 aliphatic carbocycles. The Hall–Kier alpha value is -10.6. The summed E-state index contributed by atoms with van der Waals surface area (Å²) in [4.78, 5) is 124. The summed E-state index contributed by atoms with van der Waals surface area (Å²) in [6, 6.07) is 1.59. The molecule has 1 atom stereocenters. The van der Waals surface area contributed by atoms with E-state index in [0.29, 0.717) is 111 Å². The van der Waals surface area contributed by atoms with E-state index in [0.717, 1.165) is 207 Å². The second-order valence-electron chi connectivity index (χ2n) is 48.6. The van der Waals surface area contributed by atoms with Crippen molar-refractivity contribution in [1.29, 1.82) is 0 Å². The minimum Gasteiger partial charge on any atom is -0.390 e. The van der Waals surface area contributed by atoms with Gasteiger partial charge in [-0.25, -0.2) is 44.9 Å². The van der Waals surface area contributed by atoms with Crippen LogP contribution in [0.25, 0.3) is 0 Å². The maximum absolute atomic E-state index is 11.9. The van der Waals surface area contributed by atoms with E-state index in [9.17, 15) is 44.1 Å².